The van der Waals surface area contributed by atoms with Crippen LogP contribution in [-0.2, 0) is 0 Å². The van der Waals surface area contributed by atoms with E-state index in [9.17, 15) is 9.18 Å². The zero-order valence-corrected chi connectivity index (χ0v) is 12.1. The summed E-state index contributed by atoms with van der Waals surface area (Å²) in [5.41, 5.74) is 5.83. The predicted molar refractivity (Wildman–Crippen MR) is 78.0 cm³/mol. The summed E-state index contributed by atoms with van der Waals surface area (Å²) in [7, 11) is 1.75. The fourth-order valence-corrected chi connectivity index (χ4v) is 2.85. The van der Waals surface area contributed by atoms with Crippen LogP contribution in [0, 0.1) is 5.82 Å². The summed E-state index contributed by atoms with van der Waals surface area (Å²) >= 11 is 0. The first-order valence-electron chi connectivity index (χ1n) is 7.08. The van der Waals surface area contributed by atoms with Gasteiger partial charge in [-0.2, -0.15) is 0 Å². The van der Waals surface area contributed by atoms with Crippen LogP contribution in [0.4, 0.5) is 10.1 Å². The van der Waals surface area contributed by atoms with E-state index in [1.807, 2.05) is 0 Å². The Morgan fingerprint density at radius 3 is 3.00 bits per heavy atom. The van der Waals surface area contributed by atoms with Gasteiger partial charge in [0.1, 0.15) is 5.82 Å². The van der Waals surface area contributed by atoms with Crippen molar-refractivity contribution >= 4 is 11.6 Å². The normalized spacial score (nSPS) is 19.2. The molecule has 1 saturated heterocycles. The standard InChI is InChI=1S/C15H22FN3O/c1-3-19-9-5-6-11(19)10-18(2)15(20)12-7-4-8-13(16)14(12)17/h4,7-8,11H,3,5-6,9-10,17H2,1-2H3. The molecule has 0 spiro atoms. The number of likely N-dealkylation sites (tertiary alicyclic amines) is 1. The van der Waals surface area contributed by atoms with E-state index in [0.717, 1.165) is 19.5 Å². The van der Waals surface area contributed by atoms with E-state index in [-0.39, 0.29) is 17.2 Å². The molecule has 5 heteroatoms. The van der Waals surface area contributed by atoms with Crippen molar-refractivity contribution in [3.63, 3.8) is 0 Å². The van der Waals surface area contributed by atoms with Crippen LogP contribution in [0.1, 0.15) is 30.1 Å². The van der Waals surface area contributed by atoms with E-state index in [4.69, 9.17) is 5.73 Å². The second kappa shape index (κ2) is 6.22. The van der Waals surface area contributed by atoms with Crippen molar-refractivity contribution in [3.05, 3.63) is 29.6 Å². The minimum Gasteiger partial charge on any atom is -0.396 e. The minimum atomic E-state index is -0.541. The highest BCUT2D eigenvalue weighted by atomic mass is 19.1. The molecule has 20 heavy (non-hydrogen) atoms. The highest BCUT2D eigenvalue weighted by Crippen LogP contribution is 2.20. The number of hydrogen-bond acceptors (Lipinski definition) is 3. The van der Waals surface area contributed by atoms with Gasteiger partial charge in [-0.25, -0.2) is 4.39 Å². The highest BCUT2D eigenvalue weighted by Gasteiger charge is 2.26. The molecular formula is C15H22FN3O. The molecule has 1 heterocycles. The van der Waals surface area contributed by atoms with E-state index in [1.54, 1.807) is 18.0 Å². The SMILES string of the molecule is CCN1CCCC1CN(C)C(=O)c1cccc(F)c1N. The Labute approximate surface area is 119 Å². The first kappa shape index (κ1) is 14.8. The van der Waals surface area contributed by atoms with Gasteiger partial charge in [0.2, 0.25) is 0 Å². The quantitative estimate of drug-likeness (QED) is 0.857. The number of para-hydroxylation sites is 1. The monoisotopic (exact) mass is 279 g/mol. The summed E-state index contributed by atoms with van der Waals surface area (Å²) < 4.78 is 13.4. The van der Waals surface area contributed by atoms with Crippen LogP contribution in [0.3, 0.4) is 0 Å². The molecule has 1 aliphatic rings. The molecule has 1 unspecified atom stereocenters. The molecule has 4 nitrogen and oxygen atoms in total. The fourth-order valence-electron chi connectivity index (χ4n) is 2.85. The maximum Gasteiger partial charge on any atom is 0.255 e. The van der Waals surface area contributed by atoms with Gasteiger partial charge in [-0.15, -0.1) is 0 Å². The molecule has 0 aromatic heterocycles. The van der Waals surface area contributed by atoms with Gasteiger partial charge in [0.25, 0.3) is 5.91 Å². The molecule has 1 aromatic rings. The van der Waals surface area contributed by atoms with Gasteiger partial charge in [-0.3, -0.25) is 9.69 Å². The van der Waals surface area contributed by atoms with Crippen molar-refractivity contribution in [3.8, 4) is 0 Å². The van der Waals surface area contributed by atoms with Gasteiger partial charge >= 0.3 is 0 Å². The molecule has 0 aliphatic carbocycles. The lowest BCUT2D eigenvalue weighted by Crippen LogP contribution is -2.41. The number of nitrogens with two attached hydrogens (primary N) is 1. The number of hydrogen-bond donors (Lipinski definition) is 1. The first-order chi connectivity index (χ1) is 9.54. The zero-order valence-electron chi connectivity index (χ0n) is 12.1. The molecular weight excluding hydrogens is 257 g/mol. The van der Waals surface area contributed by atoms with Crippen molar-refractivity contribution in [2.45, 2.75) is 25.8 Å². The van der Waals surface area contributed by atoms with Crippen LogP contribution in [0.15, 0.2) is 18.2 Å². The summed E-state index contributed by atoms with van der Waals surface area (Å²) in [6.45, 7) is 4.87. The van der Waals surface area contributed by atoms with Crippen LogP contribution in [0.25, 0.3) is 0 Å². The van der Waals surface area contributed by atoms with Crippen LogP contribution in [0.2, 0.25) is 0 Å². The molecule has 110 valence electrons. The molecule has 1 fully saturated rings. The number of nitrogens with zero attached hydrogens (tertiary/aromatic N) is 2. The maximum atomic E-state index is 13.4. The number of amides is 1. The lowest BCUT2D eigenvalue weighted by atomic mass is 10.1. The van der Waals surface area contributed by atoms with Gasteiger partial charge in [-0.05, 0) is 38.1 Å². The summed E-state index contributed by atoms with van der Waals surface area (Å²) in [5.74, 6) is -0.759. The molecule has 0 bridgehead atoms. The van der Waals surface area contributed by atoms with Crippen molar-refractivity contribution in [1.82, 2.24) is 9.80 Å². The average Bonchev–Trinajstić information content (AvgIpc) is 2.88. The topological polar surface area (TPSA) is 49.6 Å². The van der Waals surface area contributed by atoms with E-state index < -0.39 is 5.82 Å². The third-order valence-corrected chi connectivity index (χ3v) is 4.02. The van der Waals surface area contributed by atoms with Crippen molar-refractivity contribution < 1.29 is 9.18 Å². The molecule has 2 rings (SSSR count). The summed E-state index contributed by atoms with van der Waals surface area (Å²) in [5, 5.41) is 0. The lowest BCUT2D eigenvalue weighted by molar-refractivity contribution is 0.0755. The number of anilines is 1. The molecule has 0 radical (unpaired) electrons. The number of halogens is 1. The number of carbonyl (C=O) groups is 1. The average molecular weight is 279 g/mol. The van der Waals surface area contributed by atoms with Crippen molar-refractivity contribution in [2.75, 3.05) is 32.4 Å². The Hall–Kier alpha value is -1.62. The van der Waals surface area contributed by atoms with E-state index in [0.29, 0.717) is 12.6 Å². The van der Waals surface area contributed by atoms with Gasteiger partial charge < -0.3 is 10.6 Å². The first-order valence-corrected chi connectivity index (χ1v) is 7.08. The fraction of sp³-hybridized carbons (Fsp3) is 0.533. The van der Waals surface area contributed by atoms with Gasteiger partial charge in [0, 0.05) is 19.6 Å². The number of carbonyl (C=O) groups excluding carboxylic acids is 1. The van der Waals surface area contributed by atoms with Gasteiger partial charge in [0.05, 0.1) is 11.3 Å². The Bertz CT molecular complexity index is 492. The maximum absolute atomic E-state index is 13.4. The van der Waals surface area contributed by atoms with Crippen molar-refractivity contribution in [1.29, 1.82) is 0 Å². The molecule has 0 saturated carbocycles. The van der Waals surface area contributed by atoms with Crippen LogP contribution < -0.4 is 5.73 Å². The lowest BCUT2D eigenvalue weighted by Gasteiger charge is -2.28. The van der Waals surface area contributed by atoms with E-state index in [2.05, 4.69) is 11.8 Å². The van der Waals surface area contributed by atoms with Gasteiger partial charge in [-0.1, -0.05) is 13.0 Å². The van der Waals surface area contributed by atoms with Crippen LogP contribution in [-0.4, -0.2) is 48.4 Å². The summed E-state index contributed by atoms with van der Waals surface area (Å²) in [6.07, 6.45) is 2.27. The van der Waals surface area contributed by atoms with E-state index >= 15 is 0 Å². The van der Waals surface area contributed by atoms with Crippen LogP contribution >= 0.6 is 0 Å². The molecule has 1 atom stereocenters. The molecule has 1 aromatic carbocycles. The highest BCUT2D eigenvalue weighted by molar-refractivity contribution is 5.99. The largest absolute Gasteiger partial charge is 0.396 e. The molecule has 1 amide bonds. The number of benzene rings is 1. The zero-order chi connectivity index (χ0) is 14.7. The number of rotatable bonds is 4. The van der Waals surface area contributed by atoms with E-state index in [1.165, 1.54) is 18.6 Å². The third-order valence-electron chi connectivity index (χ3n) is 4.02. The van der Waals surface area contributed by atoms with Crippen LogP contribution in [0.5, 0.6) is 0 Å². The second-order valence-corrected chi connectivity index (χ2v) is 5.31. The van der Waals surface area contributed by atoms with Gasteiger partial charge in [0.15, 0.2) is 0 Å². The summed E-state index contributed by atoms with van der Waals surface area (Å²) in [6, 6.07) is 4.75. The number of likely N-dealkylation sites (N-methyl/N-ethyl adjacent to an activating group) is 2. The Morgan fingerprint density at radius 2 is 2.30 bits per heavy atom. The number of nitrogen functional groups attached to an aromatic ring is 1. The Kier molecular flexibility index (Phi) is 4.60. The van der Waals surface area contributed by atoms with Crippen molar-refractivity contribution in [2.24, 2.45) is 0 Å². The summed E-state index contributed by atoms with van der Waals surface area (Å²) in [4.78, 5) is 16.4. The Balaban J connectivity index is 2.07. The predicted octanol–water partition coefficient (Wildman–Crippen LogP) is 1.96. The molecule has 2 N–H and O–H groups in total. The Morgan fingerprint density at radius 1 is 1.55 bits per heavy atom. The third kappa shape index (κ3) is 2.93. The smallest absolute Gasteiger partial charge is 0.255 e. The molecule has 1 aliphatic heterocycles. The second-order valence-electron chi connectivity index (χ2n) is 5.31. The minimum absolute atomic E-state index is 0.0666.